The summed E-state index contributed by atoms with van der Waals surface area (Å²) in [6.07, 6.45) is 3.81. The zero-order chi connectivity index (χ0) is 12.3. The van der Waals surface area contributed by atoms with E-state index in [9.17, 15) is 4.79 Å². The normalized spacial score (nSPS) is 19.3. The van der Waals surface area contributed by atoms with E-state index in [1.807, 2.05) is 0 Å². The lowest BCUT2D eigenvalue weighted by atomic mass is 10.2. The van der Waals surface area contributed by atoms with Crippen LogP contribution >= 0.6 is 0 Å². The Morgan fingerprint density at radius 3 is 3.24 bits per heavy atom. The molecule has 7 heteroatoms. The topological polar surface area (TPSA) is 104 Å². The summed E-state index contributed by atoms with van der Waals surface area (Å²) in [7, 11) is 0. The monoisotopic (exact) mass is 237 g/mol. The van der Waals surface area contributed by atoms with Crippen LogP contribution in [-0.4, -0.2) is 45.2 Å². The van der Waals surface area contributed by atoms with Crippen molar-refractivity contribution in [3.05, 3.63) is 12.5 Å². The quantitative estimate of drug-likeness (QED) is 0.711. The number of amides is 1. The molecule has 4 N–H and O–H groups in total. The maximum absolute atomic E-state index is 10.9. The number of rotatable bonds is 3. The first-order chi connectivity index (χ1) is 8.18. The van der Waals surface area contributed by atoms with Gasteiger partial charge in [0.15, 0.2) is 5.82 Å². The number of nitrogens with zero attached hydrogens (tertiary/aromatic N) is 3. The van der Waals surface area contributed by atoms with Crippen LogP contribution in [0.3, 0.4) is 0 Å². The fourth-order valence-corrected chi connectivity index (χ4v) is 2.00. The molecule has 92 valence electrons. The third kappa shape index (κ3) is 2.55. The second kappa shape index (κ2) is 4.86. The summed E-state index contributed by atoms with van der Waals surface area (Å²) in [4.78, 5) is 20.2. The third-order valence-corrected chi connectivity index (χ3v) is 2.87. The van der Waals surface area contributed by atoms with Crippen molar-refractivity contribution in [1.82, 2.24) is 14.9 Å². The van der Waals surface area contributed by atoms with Gasteiger partial charge in [-0.1, -0.05) is 0 Å². The van der Waals surface area contributed by atoms with Gasteiger partial charge in [0.1, 0.15) is 6.33 Å². The van der Waals surface area contributed by atoms with E-state index >= 15 is 0 Å². The van der Waals surface area contributed by atoms with E-state index in [0.29, 0.717) is 24.6 Å². The summed E-state index contributed by atoms with van der Waals surface area (Å²) in [5, 5.41) is 12.0. The number of hydrogen-bond donors (Lipinski definition) is 3. The Hall–Kier alpha value is -2.05. The molecule has 1 aromatic heterocycles. The molecule has 0 saturated carbocycles. The number of nitrogen functional groups attached to an aromatic ring is 1. The SMILES string of the molecule is Nc1cncnc1NC[C@@H]1CCCN1C(=O)O. The number of anilines is 2. The van der Waals surface area contributed by atoms with Crippen molar-refractivity contribution >= 4 is 17.6 Å². The minimum atomic E-state index is -0.870. The average Bonchev–Trinajstić information content (AvgIpc) is 2.76. The summed E-state index contributed by atoms with van der Waals surface area (Å²) < 4.78 is 0. The minimum Gasteiger partial charge on any atom is -0.465 e. The van der Waals surface area contributed by atoms with Gasteiger partial charge in [-0.3, -0.25) is 0 Å². The van der Waals surface area contributed by atoms with Crippen molar-refractivity contribution in [2.75, 3.05) is 24.1 Å². The van der Waals surface area contributed by atoms with E-state index < -0.39 is 6.09 Å². The Morgan fingerprint density at radius 2 is 2.53 bits per heavy atom. The number of likely N-dealkylation sites (tertiary alicyclic amines) is 1. The lowest BCUT2D eigenvalue weighted by Gasteiger charge is -2.22. The molecule has 2 heterocycles. The highest BCUT2D eigenvalue weighted by Gasteiger charge is 2.28. The molecule has 0 aromatic carbocycles. The standard InChI is InChI=1S/C10H15N5O2/c11-8-5-12-6-14-9(8)13-4-7-2-1-3-15(7)10(16)17/h5-7H,1-4,11H2,(H,16,17)(H,12,13,14)/t7-/m0/s1. The number of carboxylic acid groups (broad SMARTS) is 1. The molecule has 0 radical (unpaired) electrons. The Morgan fingerprint density at radius 1 is 1.71 bits per heavy atom. The van der Waals surface area contributed by atoms with Gasteiger partial charge in [-0.05, 0) is 12.8 Å². The van der Waals surface area contributed by atoms with Crippen molar-refractivity contribution in [1.29, 1.82) is 0 Å². The molecular formula is C10H15N5O2. The average molecular weight is 237 g/mol. The molecule has 1 fully saturated rings. The lowest BCUT2D eigenvalue weighted by molar-refractivity contribution is 0.142. The van der Waals surface area contributed by atoms with Crippen LogP contribution in [0.5, 0.6) is 0 Å². The van der Waals surface area contributed by atoms with Crippen LogP contribution in [0.4, 0.5) is 16.3 Å². The molecule has 0 spiro atoms. The highest BCUT2D eigenvalue weighted by molar-refractivity contribution is 5.66. The van der Waals surface area contributed by atoms with Crippen molar-refractivity contribution < 1.29 is 9.90 Å². The first-order valence-electron chi connectivity index (χ1n) is 5.47. The summed E-state index contributed by atoms with van der Waals surface area (Å²) in [6.45, 7) is 1.12. The molecule has 7 nitrogen and oxygen atoms in total. The van der Waals surface area contributed by atoms with Gasteiger partial charge in [0.25, 0.3) is 0 Å². The number of aromatic nitrogens is 2. The van der Waals surface area contributed by atoms with Gasteiger partial charge in [-0.25, -0.2) is 14.8 Å². The van der Waals surface area contributed by atoms with E-state index in [1.54, 1.807) is 0 Å². The zero-order valence-corrected chi connectivity index (χ0v) is 9.33. The second-order valence-corrected chi connectivity index (χ2v) is 3.98. The van der Waals surface area contributed by atoms with Crippen LogP contribution in [0.1, 0.15) is 12.8 Å². The molecule has 2 rings (SSSR count). The molecule has 1 amide bonds. The highest BCUT2D eigenvalue weighted by atomic mass is 16.4. The minimum absolute atomic E-state index is 0.0122. The van der Waals surface area contributed by atoms with E-state index in [0.717, 1.165) is 12.8 Å². The number of carbonyl (C=O) groups is 1. The largest absolute Gasteiger partial charge is 0.465 e. The molecular weight excluding hydrogens is 222 g/mol. The Balaban J connectivity index is 1.94. The second-order valence-electron chi connectivity index (χ2n) is 3.98. The van der Waals surface area contributed by atoms with E-state index in [-0.39, 0.29) is 6.04 Å². The maximum atomic E-state index is 10.9. The molecule has 0 aliphatic carbocycles. The fraction of sp³-hybridized carbons (Fsp3) is 0.500. The van der Waals surface area contributed by atoms with Crippen molar-refractivity contribution in [2.45, 2.75) is 18.9 Å². The smallest absolute Gasteiger partial charge is 0.407 e. The Labute approximate surface area is 98.7 Å². The molecule has 1 atom stereocenters. The summed E-state index contributed by atoms with van der Waals surface area (Å²) >= 11 is 0. The van der Waals surface area contributed by atoms with Crippen molar-refractivity contribution in [3.63, 3.8) is 0 Å². The predicted octanol–water partition coefficient (Wildman–Crippen LogP) is 0.613. The first-order valence-corrected chi connectivity index (χ1v) is 5.47. The van der Waals surface area contributed by atoms with Crippen molar-refractivity contribution in [3.8, 4) is 0 Å². The van der Waals surface area contributed by atoms with Crippen LogP contribution < -0.4 is 11.1 Å². The molecule has 17 heavy (non-hydrogen) atoms. The molecule has 1 aliphatic rings. The Kier molecular flexibility index (Phi) is 3.27. The van der Waals surface area contributed by atoms with E-state index in [2.05, 4.69) is 15.3 Å². The molecule has 0 bridgehead atoms. The maximum Gasteiger partial charge on any atom is 0.407 e. The highest BCUT2D eigenvalue weighted by Crippen LogP contribution is 2.19. The summed E-state index contributed by atoms with van der Waals surface area (Å²) in [6, 6.07) is -0.0122. The lowest BCUT2D eigenvalue weighted by Crippen LogP contribution is -2.38. The predicted molar refractivity (Wildman–Crippen MR) is 62.7 cm³/mol. The van der Waals surface area contributed by atoms with Crippen LogP contribution in [0, 0.1) is 0 Å². The number of hydrogen-bond acceptors (Lipinski definition) is 5. The van der Waals surface area contributed by atoms with E-state index in [1.165, 1.54) is 17.4 Å². The van der Waals surface area contributed by atoms with Crippen LogP contribution in [0.25, 0.3) is 0 Å². The summed E-state index contributed by atoms with van der Waals surface area (Å²) in [5.74, 6) is 0.553. The van der Waals surface area contributed by atoms with Crippen molar-refractivity contribution in [2.24, 2.45) is 0 Å². The first kappa shape index (κ1) is 11.4. The van der Waals surface area contributed by atoms with Gasteiger partial charge in [0.2, 0.25) is 0 Å². The van der Waals surface area contributed by atoms with E-state index in [4.69, 9.17) is 10.8 Å². The van der Waals surface area contributed by atoms with Gasteiger partial charge in [-0.2, -0.15) is 0 Å². The van der Waals surface area contributed by atoms with Crippen LogP contribution in [0.15, 0.2) is 12.5 Å². The van der Waals surface area contributed by atoms with Gasteiger partial charge in [0.05, 0.1) is 17.9 Å². The number of nitrogens with one attached hydrogen (secondary N) is 1. The van der Waals surface area contributed by atoms with Gasteiger partial charge < -0.3 is 21.1 Å². The molecule has 1 saturated heterocycles. The van der Waals surface area contributed by atoms with Gasteiger partial charge in [0, 0.05) is 13.1 Å². The molecule has 0 unspecified atom stereocenters. The number of nitrogens with two attached hydrogens (primary N) is 1. The molecule has 1 aromatic rings. The fourth-order valence-electron chi connectivity index (χ4n) is 2.00. The summed E-state index contributed by atoms with van der Waals surface area (Å²) in [5.41, 5.74) is 6.15. The van der Waals surface area contributed by atoms with Gasteiger partial charge >= 0.3 is 6.09 Å². The van der Waals surface area contributed by atoms with Crippen LogP contribution in [0.2, 0.25) is 0 Å². The zero-order valence-electron chi connectivity index (χ0n) is 9.33. The van der Waals surface area contributed by atoms with Gasteiger partial charge in [-0.15, -0.1) is 0 Å². The Bertz CT molecular complexity index is 411. The van der Waals surface area contributed by atoms with Crippen LogP contribution in [-0.2, 0) is 0 Å². The molecule has 1 aliphatic heterocycles. The third-order valence-electron chi connectivity index (χ3n) is 2.87.